The lowest BCUT2D eigenvalue weighted by Crippen LogP contribution is -2.09. The van der Waals surface area contributed by atoms with Gasteiger partial charge in [0.1, 0.15) is 0 Å². The highest BCUT2D eigenvalue weighted by atomic mass is 16.7. The number of fused-ring (bicyclic) bond motifs is 1. The average Bonchev–Trinajstić information content (AvgIpc) is 2.75. The zero-order valence-corrected chi connectivity index (χ0v) is 9.91. The zero-order valence-electron chi connectivity index (χ0n) is 9.91. The van der Waals surface area contributed by atoms with Gasteiger partial charge in [0.25, 0.3) is 0 Å². The van der Waals surface area contributed by atoms with Crippen molar-refractivity contribution in [1.82, 2.24) is 0 Å². The number of carbonyl (C=O) groups is 1. The van der Waals surface area contributed by atoms with Crippen molar-refractivity contribution in [1.29, 1.82) is 0 Å². The van der Waals surface area contributed by atoms with Crippen molar-refractivity contribution in [2.45, 2.75) is 13.8 Å². The van der Waals surface area contributed by atoms with Crippen LogP contribution in [-0.4, -0.2) is 25.9 Å². The van der Waals surface area contributed by atoms with Gasteiger partial charge in [-0.1, -0.05) is 0 Å². The van der Waals surface area contributed by atoms with Crippen molar-refractivity contribution in [3.63, 3.8) is 0 Å². The summed E-state index contributed by atoms with van der Waals surface area (Å²) in [5.74, 6) is 0.866. The van der Waals surface area contributed by atoms with Crippen molar-refractivity contribution < 1.29 is 19.0 Å². The summed E-state index contributed by atoms with van der Waals surface area (Å²) in [7, 11) is 0. The van der Waals surface area contributed by atoms with Crippen LogP contribution in [0.1, 0.15) is 24.2 Å². The highest BCUT2D eigenvalue weighted by Gasteiger charge is 2.21. The number of carbonyl (C=O) groups excluding carboxylic acids is 1. The number of nitrogens with one attached hydrogen (secondary N) is 1. The molecule has 5 nitrogen and oxygen atoms in total. The molecule has 1 heterocycles. The highest BCUT2D eigenvalue weighted by molar-refractivity contribution is 5.96. The van der Waals surface area contributed by atoms with Gasteiger partial charge in [-0.3, -0.25) is 0 Å². The van der Waals surface area contributed by atoms with Gasteiger partial charge in [-0.2, -0.15) is 0 Å². The molecular weight excluding hydrogens is 222 g/mol. The number of benzene rings is 1. The van der Waals surface area contributed by atoms with Crippen LogP contribution in [0, 0.1) is 0 Å². The molecule has 0 bridgehead atoms. The van der Waals surface area contributed by atoms with Crippen molar-refractivity contribution in [2.24, 2.45) is 0 Å². The summed E-state index contributed by atoms with van der Waals surface area (Å²) in [6.45, 7) is 4.98. The molecule has 0 atom stereocenters. The minimum absolute atomic E-state index is 0.188. The molecule has 17 heavy (non-hydrogen) atoms. The molecular formula is C12H15NO4. The minimum atomic E-state index is -0.359. The SMILES string of the molecule is CCNc1cc2c(cc1C(=O)OCC)OCO2. The fourth-order valence-corrected chi connectivity index (χ4v) is 1.66. The second-order valence-corrected chi connectivity index (χ2v) is 3.50. The minimum Gasteiger partial charge on any atom is -0.462 e. The molecule has 92 valence electrons. The van der Waals surface area contributed by atoms with Crippen LogP contribution < -0.4 is 14.8 Å². The first-order chi connectivity index (χ1) is 8.26. The Morgan fingerprint density at radius 1 is 1.35 bits per heavy atom. The molecule has 0 aromatic heterocycles. The van der Waals surface area contributed by atoms with Gasteiger partial charge in [0.2, 0.25) is 6.79 Å². The van der Waals surface area contributed by atoms with Gasteiger partial charge in [0, 0.05) is 18.7 Å². The molecule has 1 aliphatic heterocycles. The second-order valence-electron chi connectivity index (χ2n) is 3.50. The Labute approximate surface area is 99.7 Å². The maximum absolute atomic E-state index is 11.8. The van der Waals surface area contributed by atoms with E-state index in [2.05, 4.69) is 5.32 Å². The van der Waals surface area contributed by atoms with Gasteiger partial charge < -0.3 is 19.5 Å². The molecule has 1 aliphatic rings. The van der Waals surface area contributed by atoms with Crippen LogP contribution in [0.15, 0.2) is 12.1 Å². The summed E-state index contributed by atoms with van der Waals surface area (Å²) < 4.78 is 15.5. The molecule has 2 rings (SSSR count). The van der Waals surface area contributed by atoms with Crippen molar-refractivity contribution in [3.8, 4) is 11.5 Å². The number of rotatable bonds is 4. The predicted molar refractivity (Wildman–Crippen MR) is 62.7 cm³/mol. The second kappa shape index (κ2) is 4.95. The molecule has 0 aliphatic carbocycles. The predicted octanol–water partition coefficient (Wildman–Crippen LogP) is 2.02. The van der Waals surface area contributed by atoms with Gasteiger partial charge in [0.15, 0.2) is 11.5 Å². The van der Waals surface area contributed by atoms with E-state index >= 15 is 0 Å². The Balaban J connectivity index is 2.37. The molecule has 1 N–H and O–H groups in total. The van der Waals surface area contributed by atoms with Gasteiger partial charge in [-0.15, -0.1) is 0 Å². The topological polar surface area (TPSA) is 56.8 Å². The third kappa shape index (κ3) is 2.27. The van der Waals surface area contributed by atoms with Crippen LogP contribution in [-0.2, 0) is 4.74 Å². The number of anilines is 1. The number of ether oxygens (including phenoxy) is 3. The Hall–Kier alpha value is -1.91. The summed E-state index contributed by atoms with van der Waals surface area (Å²) in [6, 6.07) is 3.41. The van der Waals surface area contributed by atoms with E-state index in [1.807, 2.05) is 6.92 Å². The molecule has 0 saturated heterocycles. The lowest BCUT2D eigenvalue weighted by molar-refractivity contribution is 0.0527. The lowest BCUT2D eigenvalue weighted by Gasteiger charge is -2.11. The van der Waals surface area contributed by atoms with Crippen LogP contribution in [0.25, 0.3) is 0 Å². The monoisotopic (exact) mass is 237 g/mol. The fourth-order valence-electron chi connectivity index (χ4n) is 1.66. The molecule has 0 amide bonds. The maximum atomic E-state index is 11.8. The van der Waals surface area contributed by atoms with E-state index in [0.717, 1.165) is 0 Å². The fraction of sp³-hybridized carbons (Fsp3) is 0.417. The van der Waals surface area contributed by atoms with E-state index in [1.165, 1.54) is 0 Å². The normalized spacial score (nSPS) is 12.4. The van der Waals surface area contributed by atoms with Crippen LogP contribution in [0.4, 0.5) is 5.69 Å². The largest absolute Gasteiger partial charge is 0.462 e. The first-order valence-electron chi connectivity index (χ1n) is 5.60. The summed E-state index contributed by atoms with van der Waals surface area (Å²) in [5.41, 5.74) is 1.17. The smallest absolute Gasteiger partial charge is 0.340 e. The van der Waals surface area contributed by atoms with Gasteiger partial charge in [-0.25, -0.2) is 4.79 Å². The Morgan fingerprint density at radius 3 is 2.71 bits per heavy atom. The maximum Gasteiger partial charge on any atom is 0.340 e. The van der Waals surface area contributed by atoms with E-state index in [4.69, 9.17) is 14.2 Å². The Bertz CT molecular complexity index is 431. The molecule has 0 saturated carbocycles. The molecule has 0 fully saturated rings. The van der Waals surface area contributed by atoms with Gasteiger partial charge in [-0.05, 0) is 13.8 Å². The third-order valence-corrected chi connectivity index (χ3v) is 2.38. The van der Waals surface area contributed by atoms with Crippen molar-refractivity contribution in [3.05, 3.63) is 17.7 Å². The van der Waals surface area contributed by atoms with Crippen LogP contribution >= 0.6 is 0 Å². The summed E-state index contributed by atoms with van der Waals surface area (Å²) >= 11 is 0. The standard InChI is InChI=1S/C12H15NO4/c1-3-13-9-6-11-10(16-7-17-11)5-8(9)12(14)15-4-2/h5-6,13H,3-4,7H2,1-2H3. The molecule has 1 aromatic carbocycles. The van der Waals surface area contributed by atoms with Crippen molar-refractivity contribution >= 4 is 11.7 Å². The molecule has 0 radical (unpaired) electrons. The Kier molecular flexibility index (Phi) is 3.37. The molecule has 0 unspecified atom stereocenters. The number of esters is 1. The quantitative estimate of drug-likeness (QED) is 0.812. The lowest BCUT2D eigenvalue weighted by atomic mass is 10.1. The first kappa shape index (κ1) is 11.6. The molecule has 5 heteroatoms. The van der Waals surface area contributed by atoms with Crippen molar-refractivity contribution in [2.75, 3.05) is 25.3 Å². The van der Waals surface area contributed by atoms with Crippen LogP contribution in [0.5, 0.6) is 11.5 Å². The number of hydrogen-bond acceptors (Lipinski definition) is 5. The van der Waals surface area contributed by atoms with E-state index in [1.54, 1.807) is 19.1 Å². The average molecular weight is 237 g/mol. The van der Waals surface area contributed by atoms with Gasteiger partial charge in [0.05, 0.1) is 17.9 Å². The zero-order chi connectivity index (χ0) is 12.3. The van der Waals surface area contributed by atoms with E-state index in [0.29, 0.717) is 35.9 Å². The van der Waals surface area contributed by atoms with E-state index < -0.39 is 0 Å². The molecule has 1 aromatic rings. The third-order valence-electron chi connectivity index (χ3n) is 2.38. The van der Waals surface area contributed by atoms with Gasteiger partial charge >= 0.3 is 5.97 Å². The summed E-state index contributed by atoms with van der Waals surface area (Å²) in [5, 5.41) is 3.11. The summed E-state index contributed by atoms with van der Waals surface area (Å²) in [6.07, 6.45) is 0. The first-order valence-corrected chi connectivity index (χ1v) is 5.60. The Morgan fingerprint density at radius 2 is 2.06 bits per heavy atom. The highest BCUT2D eigenvalue weighted by Crippen LogP contribution is 2.37. The van der Waals surface area contributed by atoms with E-state index in [-0.39, 0.29) is 12.8 Å². The van der Waals surface area contributed by atoms with Crippen LogP contribution in [0.3, 0.4) is 0 Å². The summed E-state index contributed by atoms with van der Waals surface area (Å²) in [4.78, 5) is 11.8. The number of hydrogen-bond donors (Lipinski definition) is 1. The van der Waals surface area contributed by atoms with Crippen LogP contribution in [0.2, 0.25) is 0 Å². The molecule has 0 spiro atoms. The van der Waals surface area contributed by atoms with E-state index in [9.17, 15) is 4.79 Å².